The van der Waals surface area contributed by atoms with Crippen LogP contribution in [0.5, 0.6) is 11.5 Å². The maximum Gasteiger partial charge on any atom is 0.343 e. The summed E-state index contributed by atoms with van der Waals surface area (Å²) in [5, 5.41) is 40.2. The molecule has 3 aromatic rings. The summed E-state index contributed by atoms with van der Waals surface area (Å²) in [5.41, 5.74) is -2.47. The summed E-state index contributed by atoms with van der Waals surface area (Å²) in [7, 11) is 0. The molecule has 31 heavy (non-hydrogen) atoms. The molecule has 0 bridgehead atoms. The molecule has 1 N–H and O–H groups in total. The molecule has 0 aliphatic rings. The highest BCUT2D eigenvalue weighted by atomic mass is 16.6. The number of hydrogen-bond acceptors (Lipinski definition) is 10. The first-order valence-corrected chi connectivity index (χ1v) is 8.18. The van der Waals surface area contributed by atoms with Crippen LogP contribution in [0.1, 0.15) is 10.4 Å². The van der Waals surface area contributed by atoms with Gasteiger partial charge in [-0.15, -0.1) is 0 Å². The third-order valence-corrected chi connectivity index (χ3v) is 3.53. The van der Waals surface area contributed by atoms with Gasteiger partial charge in [0.2, 0.25) is 0 Å². The largest absolute Gasteiger partial charge is 0.497 e. The molecule has 158 valence electrons. The number of esters is 1. The van der Waals surface area contributed by atoms with Gasteiger partial charge in [-0.25, -0.2) is 4.79 Å². The first-order chi connectivity index (χ1) is 14.7. The number of carbonyl (C=O) groups excluding carboxylic acids is 1. The minimum Gasteiger partial charge on any atom is -0.497 e. The highest BCUT2D eigenvalue weighted by Gasteiger charge is 2.30. The van der Waals surface area contributed by atoms with E-state index in [9.17, 15) is 35.1 Å². The molecule has 0 atom stereocenters. The van der Waals surface area contributed by atoms with E-state index < -0.39 is 37.6 Å². The van der Waals surface area contributed by atoms with Crippen molar-refractivity contribution in [1.82, 2.24) is 4.98 Å². The number of aromatic hydroxyl groups is 1. The number of phenols is 1. The molecular formula is C18H12N4O9. The minimum atomic E-state index is -1.21. The summed E-state index contributed by atoms with van der Waals surface area (Å²) in [6, 6.07) is 13.0. The Balaban J connectivity index is 0.000000220. The van der Waals surface area contributed by atoms with Crippen LogP contribution in [-0.2, 0) is 0 Å². The number of phenolic OH excluding ortho intramolecular Hbond substituents is 1. The van der Waals surface area contributed by atoms with Crippen LogP contribution in [0.3, 0.4) is 0 Å². The highest BCUT2D eigenvalue weighted by molar-refractivity contribution is 5.90. The zero-order valence-electron chi connectivity index (χ0n) is 15.4. The molecular weight excluding hydrogens is 416 g/mol. The average Bonchev–Trinajstić information content (AvgIpc) is 2.75. The summed E-state index contributed by atoms with van der Waals surface area (Å²) < 4.78 is 5.12. The smallest absolute Gasteiger partial charge is 0.343 e. The fourth-order valence-electron chi connectivity index (χ4n) is 2.12. The average molecular weight is 428 g/mol. The number of nitro groups is 3. The van der Waals surface area contributed by atoms with Gasteiger partial charge >= 0.3 is 17.3 Å². The van der Waals surface area contributed by atoms with Crippen molar-refractivity contribution in [2.45, 2.75) is 0 Å². The summed E-state index contributed by atoms with van der Waals surface area (Å²) in [6.07, 6.45) is 3.15. The fraction of sp³-hybridized carbons (Fsp3) is 0. The Hall–Kier alpha value is -4.94. The topological polar surface area (TPSA) is 189 Å². The second kappa shape index (κ2) is 10.0. The van der Waals surface area contributed by atoms with Gasteiger partial charge in [0.15, 0.2) is 0 Å². The third kappa shape index (κ3) is 6.02. The summed E-state index contributed by atoms with van der Waals surface area (Å²) in [5.74, 6) is -1.07. The summed E-state index contributed by atoms with van der Waals surface area (Å²) >= 11 is 0. The van der Waals surface area contributed by atoms with Crippen LogP contribution < -0.4 is 4.74 Å². The maximum absolute atomic E-state index is 11.6. The van der Waals surface area contributed by atoms with Crippen LogP contribution in [0.15, 0.2) is 67.0 Å². The van der Waals surface area contributed by atoms with Gasteiger partial charge in [0.1, 0.15) is 5.75 Å². The second-order valence-electron chi connectivity index (χ2n) is 5.54. The number of hydrogen-bond donors (Lipinski definition) is 1. The Morgan fingerprint density at radius 1 is 0.839 bits per heavy atom. The van der Waals surface area contributed by atoms with Crippen LogP contribution >= 0.6 is 0 Å². The Bertz CT molecular complexity index is 1090. The molecule has 1 heterocycles. The van der Waals surface area contributed by atoms with Gasteiger partial charge in [0, 0.05) is 12.4 Å². The molecule has 0 fully saturated rings. The van der Waals surface area contributed by atoms with Gasteiger partial charge in [-0.2, -0.15) is 0 Å². The molecule has 13 heteroatoms. The molecule has 3 rings (SSSR count). The van der Waals surface area contributed by atoms with Gasteiger partial charge in [-0.05, 0) is 24.3 Å². The number of non-ortho nitro benzene ring substituents is 1. The van der Waals surface area contributed by atoms with Crippen molar-refractivity contribution in [1.29, 1.82) is 0 Å². The van der Waals surface area contributed by atoms with E-state index >= 15 is 0 Å². The van der Waals surface area contributed by atoms with E-state index in [1.165, 1.54) is 0 Å². The molecule has 0 saturated carbocycles. The predicted molar refractivity (Wildman–Crippen MR) is 104 cm³/mol. The van der Waals surface area contributed by atoms with E-state index in [0.717, 1.165) is 0 Å². The lowest BCUT2D eigenvalue weighted by molar-refractivity contribution is -0.404. The standard InChI is InChI=1S/C12H9NO2.C6H3N3O7/c14-12(10-4-2-1-3-5-10)15-11-6-8-13-9-7-11;10-6-4(8(13)14)1-3(7(11)12)2-5(6)9(15)16/h1-9H;1-2,10H. The molecule has 0 unspecified atom stereocenters. The zero-order chi connectivity index (χ0) is 23.0. The Kier molecular flexibility index (Phi) is 7.22. The van der Waals surface area contributed by atoms with Crippen molar-refractivity contribution in [2.24, 2.45) is 0 Å². The molecule has 0 amide bonds. The van der Waals surface area contributed by atoms with Gasteiger partial charge in [0.25, 0.3) is 11.4 Å². The number of pyridine rings is 1. The van der Waals surface area contributed by atoms with Crippen molar-refractivity contribution >= 4 is 23.0 Å². The normalized spacial score (nSPS) is 9.68. The third-order valence-electron chi connectivity index (χ3n) is 3.53. The van der Waals surface area contributed by atoms with Crippen molar-refractivity contribution in [3.63, 3.8) is 0 Å². The number of nitrogens with zero attached hydrogens (tertiary/aromatic N) is 4. The molecule has 0 radical (unpaired) electrons. The zero-order valence-corrected chi connectivity index (χ0v) is 15.4. The second-order valence-corrected chi connectivity index (χ2v) is 5.54. The number of rotatable bonds is 5. The van der Waals surface area contributed by atoms with Crippen molar-refractivity contribution < 1.29 is 29.4 Å². The first kappa shape index (κ1) is 22.4. The lowest BCUT2D eigenvalue weighted by Gasteiger charge is -2.02. The van der Waals surface area contributed by atoms with Crippen LogP contribution in [0, 0.1) is 30.3 Å². The van der Waals surface area contributed by atoms with Crippen molar-refractivity contribution in [2.75, 3.05) is 0 Å². The summed E-state index contributed by atoms with van der Waals surface area (Å²) in [6.45, 7) is 0. The number of benzene rings is 2. The van der Waals surface area contributed by atoms with Crippen LogP contribution in [0.4, 0.5) is 17.1 Å². The quantitative estimate of drug-likeness (QED) is 0.358. The van der Waals surface area contributed by atoms with Gasteiger partial charge < -0.3 is 9.84 Å². The minimum absolute atomic E-state index is 0.359. The fourth-order valence-corrected chi connectivity index (χ4v) is 2.12. The molecule has 2 aromatic carbocycles. The summed E-state index contributed by atoms with van der Waals surface area (Å²) in [4.78, 5) is 43.2. The van der Waals surface area contributed by atoms with E-state index in [0.29, 0.717) is 23.4 Å². The van der Waals surface area contributed by atoms with Crippen LogP contribution in [-0.4, -0.2) is 30.8 Å². The molecule has 1 aromatic heterocycles. The monoisotopic (exact) mass is 428 g/mol. The molecule has 0 spiro atoms. The van der Waals surface area contributed by atoms with Gasteiger partial charge in [-0.3, -0.25) is 35.3 Å². The first-order valence-electron chi connectivity index (χ1n) is 8.18. The Morgan fingerprint density at radius 2 is 1.35 bits per heavy atom. The number of aromatic nitrogens is 1. The molecule has 0 saturated heterocycles. The molecule has 13 nitrogen and oxygen atoms in total. The van der Waals surface area contributed by atoms with E-state index in [1.54, 1.807) is 48.8 Å². The van der Waals surface area contributed by atoms with Crippen molar-refractivity contribution in [3.8, 4) is 11.5 Å². The Labute approximate surface area is 172 Å². The van der Waals surface area contributed by atoms with E-state index in [-0.39, 0.29) is 5.97 Å². The Morgan fingerprint density at radius 3 is 1.81 bits per heavy atom. The number of ether oxygens (including phenoxy) is 1. The number of carbonyl (C=O) groups is 1. The predicted octanol–water partition coefficient (Wildman–Crippen LogP) is 3.42. The SMILES string of the molecule is O=C(Oc1ccncc1)c1ccccc1.O=[N+]([O-])c1cc([N+](=O)[O-])c(O)c([N+](=O)[O-])c1. The molecule has 0 aliphatic carbocycles. The number of nitro benzene ring substituents is 3. The van der Waals surface area contributed by atoms with Crippen molar-refractivity contribution in [3.05, 3.63) is 103 Å². The van der Waals surface area contributed by atoms with E-state index in [1.807, 2.05) is 6.07 Å². The molecule has 0 aliphatic heterocycles. The maximum atomic E-state index is 11.6. The van der Waals surface area contributed by atoms with E-state index in [2.05, 4.69) is 4.98 Å². The van der Waals surface area contributed by atoms with E-state index in [4.69, 9.17) is 9.84 Å². The van der Waals surface area contributed by atoms with Gasteiger partial charge in [0.05, 0.1) is 32.5 Å². The van der Waals surface area contributed by atoms with Crippen LogP contribution in [0.25, 0.3) is 0 Å². The lowest BCUT2D eigenvalue weighted by atomic mass is 10.2. The van der Waals surface area contributed by atoms with Gasteiger partial charge in [-0.1, -0.05) is 18.2 Å². The highest BCUT2D eigenvalue weighted by Crippen LogP contribution is 2.38. The lowest BCUT2D eigenvalue weighted by Crippen LogP contribution is -2.07. The van der Waals surface area contributed by atoms with Crippen LogP contribution in [0.2, 0.25) is 0 Å².